The maximum atomic E-state index is 13.5. The Labute approximate surface area is 643 Å². The molecule has 19 nitrogen and oxygen atoms in total. The van der Waals surface area contributed by atoms with Crippen molar-refractivity contribution in [3.63, 3.8) is 0 Å². The Kier molecular flexibility index (Phi) is 62.2. The standard InChI is InChI=1S/C87H161NO18/c1-3-5-7-9-11-13-15-17-19-21-23-25-27-29-31-33-34-35-36-37-39-41-43-45-47-49-51-53-55-57-59-61-63-65-75(93)88-70(71(92)64-62-60-58-56-54-52-50-48-46-44-42-40-38-32-30-28-26-24-22-20-18-16-14-12-10-8-6-4-2)69-101-85-81(99)78(96)83(73(67-90)103-85)106-87-82(100)79(97)84(74(68-91)104-87)105-86-80(98)77(95)76(94)72(66-89)102-86/h15,17,21,23,27,29,62,64,70-74,76-87,89-92,94-100H,3-14,16,18-20,22,24-26,28,30-61,63,65-69H2,1-2H3,(H,88,93)/b17-15-,23-21-,29-27-,64-62+. The second-order valence-corrected chi connectivity index (χ2v) is 31.4. The Bertz CT molecular complexity index is 2100. The third kappa shape index (κ3) is 46.1. The van der Waals surface area contributed by atoms with E-state index in [9.17, 15) is 61.0 Å². The Hall–Kier alpha value is -2.25. The van der Waals surface area contributed by atoms with E-state index in [4.69, 9.17) is 28.4 Å². The summed E-state index contributed by atoms with van der Waals surface area (Å²) < 4.78 is 34.5. The van der Waals surface area contributed by atoms with Gasteiger partial charge in [0.05, 0.1) is 38.6 Å². The highest BCUT2D eigenvalue weighted by molar-refractivity contribution is 5.76. The first-order chi connectivity index (χ1) is 51.8. The molecule has 3 aliphatic heterocycles. The zero-order valence-corrected chi connectivity index (χ0v) is 66.9. The topological polar surface area (TPSA) is 307 Å². The van der Waals surface area contributed by atoms with E-state index in [2.05, 4.69) is 55.6 Å². The van der Waals surface area contributed by atoms with E-state index in [1.165, 1.54) is 283 Å². The van der Waals surface area contributed by atoms with E-state index >= 15 is 0 Å². The Morgan fingerprint density at radius 2 is 0.623 bits per heavy atom. The van der Waals surface area contributed by atoms with E-state index < -0.39 is 124 Å². The number of carbonyl (C=O) groups excluding carboxylic acids is 1. The molecule has 0 bridgehead atoms. The van der Waals surface area contributed by atoms with Crippen LogP contribution in [0.15, 0.2) is 48.6 Å². The fourth-order valence-corrected chi connectivity index (χ4v) is 14.9. The van der Waals surface area contributed by atoms with Crippen LogP contribution in [0.25, 0.3) is 0 Å². The third-order valence-corrected chi connectivity index (χ3v) is 21.9. The van der Waals surface area contributed by atoms with E-state index in [0.717, 1.165) is 57.8 Å². The second kappa shape index (κ2) is 67.3. The van der Waals surface area contributed by atoms with Crippen molar-refractivity contribution in [2.75, 3.05) is 26.4 Å². The summed E-state index contributed by atoms with van der Waals surface area (Å²) in [5.74, 6) is -0.269. The van der Waals surface area contributed by atoms with Crippen molar-refractivity contribution >= 4 is 5.91 Å². The summed E-state index contributed by atoms with van der Waals surface area (Å²) in [7, 11) is 0. The normalized spacial score (nSPS) is 25.8. The molecule has 0 aromatic rings. The summed E-state index contributed by atoms with van der Waals surface area (Å²) in [6.45, 7) is 1.78. The molecule has 3 saturated heterocycles. The highest BCUT2D eigenvalue weighted by atomic mass is 16.8. The molecule has 0 aromatic carbocycles. The average Bonchev–Trinajstić information content (AvgIpc) is 0.781. The summed E-state index contributed by atoms with van der Waals surface area (Å²) >= 11 is 0. The van der Waals surface area contributed by atoms with Gasteiger partial charge in [0.25, 0.3) is 0 Å². The van der Waals surface area contributed by atoms with Crippen LogP contribution < -0.4 is 5.32 Å². The van der Waals surface area contributed by atoms with Crippen molar-refractivity contribution in [2.24, 2.45) is 0 Å². The van der Waals surface area contributed by atoms with Crippen LogP contribution in [0.4, 0.5) is 0 Å². The number of ether oxygens (including phenoxy) is 6. The molecule has 3 rings (SSSR count). The van der Waals surface area contributed by atoms with E-state index in [1.54, 1.807) is 6.08 Å². The SMILES string of the molecule is CCCCCCC/C=C\C/C=C\C/C=C\CCCCCCCCCCCCCCCCCCCCC(=O)NC(COC1OC(CO)C(OC2OC(CO)C(OC3OC(CO)C(O)C(O)C3O)C(O)C2O)C(O)C1O)C(O)/C=C/CCCCCCCCCCCCCCCCCCCCCCCCCCCC. The first-order valence-corrected chi connectivity index (χ1v) is 43.9. The highest BCUT2D eigenvalue weighted by Crippen LogP contribution is 2.33. The molecular formula is C87H161NO18. The molecule has 106 heavy (non-hydrogen) atoms. The number of aliphatic hydroxyl groups excluding tert-OH is 11. The zero-order valence-electron chi connectivity index (χ0n) is 66.9. The predicted octanol–water partition coefficient (Wildman–Crippen LogP) is 16.0. The van der Waals surface area contributed by atoms with Crippen molar-refractivity contribution in [3.05, 3.63) is 48.6 Å². The highest BCUT2D eigenvalue weighted by Gasteiger charge is 2.54. The van der Waals surface area contributed by atoms with Crippen LogP contribution in [-0.4, -0.2) is 193 Å². The molecule has 17 atom stereocenters. The summed E-state index contributed by atoms with van der Waals surface area (Å²) in [6, 6.07) is -0.975. The van der Waals surface area contributed by atoms with Gasteiger partial charge in [-0.1, -0.05) is 351 Å². The number of allylic oxidation sites excluding steroid dienone is 7. The van der Waals surface area contributed by atoms with Crippen LogP contribution in [0, 0.1) is 0 Å². The van der Waals surface area contributed by atoms with Crippen LogP contribution in [-0.2, 0) is 33.2 Å². The van der Waals surface area contributed by atoms with Gasteiger partial charge in [-0.15, -0.1) is 0 Å². The number of hydrogen-bond donors (Lipinski definition) is 12. The number of rotatable bonds is 71. The Morgan fingerprint density at radius 1 is 0.340 bits per heavy atom. The number of amides is 1. The Balaban J connectivity index is 1.34. The molecule has 3 fully saturated rings. The van der Waals surface area contributed by atoms with E-state index in [-0.39, 0.29) is 18.9 Å². The number of aliphatic hydroxyl groups is 11. The van der Waals surface area contributed by atoms with Gasteiger partial charge in [0.1, 0.15) is 73.2 Å². The maximum Gasteiger partial charge on any atom is 0.220 e. The van der Waals surface area contributed by atoms with Gasteiger partial charge in [-0.25, -0.2) is 0 Å². The zero-order chi connectivity index (χ0) is 76.7. The first kappa shape index (κ1) is 97.9. The van der Waals surface area contributed by atoms with Crippen LogP contribution in [0.1, 0.15) is 367 Å². The number of nitrogens with one attached hydrogen (secondary N) is 1. The molecule has 3 aliphatic rings. The van der Waals surface area contributed by atoms with Crippen molar-refractivity contribution in [2.45, 2.75) is 471 Å². The minimum Gasteiger partial charge on any atom is -0.394 e. The quantitative estimate of drug-likeness (QED) is 0.0199. The molecule has 0 saturated carbocycles. The molecule has 12 N–H and O–H groups in total. The number of unbranched alkanes of at least 4 members (excludes halogenated alkanes) is 49. The predicted molar refractivity (Wildman–Crippen MR) is 425 cm³/mol. The summed E-state index contributed by atoms with van der Waals surface area (Å²) in [5.41, 5.74) is 0. The molecule has 622 valence electrons. The minimum atomic E-state index is -1.98. The molecule has 19 heteroatoms. The minimum absolute atomic E-state index is 0.245. The van der Waals surface area contributed by atoms with Crippen LogP contribution in [0.2, 0.25) is 0 Å². The van der Waals surface area contributed by atoms with Crippen LogP contribution in [0.5, 0.6) is 0 Å². The molecule has 1 amide bonds. The largest absolute Gasteiger partial charge is 0.394 e. The first-order valence-electron chi connectivity index (χ1n) is 43.9. The average molecular weight is 1510 g/mol. The fraction of sp³-hybridized carbons (Fsp3) is 0.897. The van der Waals surface area contributed by atoms with Crippen molar-refractivity contribution in [1.82, 2.24) is 5.32 Å². The number of carbonyl (C=O) groups is 1. The van der Waals surface area contributed by atoms with E-state index in [1.807, 2.05) is 6.08 Å². The summed E-state index contributed by atoms with van der Waals surface area (Å²) in [6.07, 6.45) is 59.6. The summed E-state index contributed by atoms with van der Waals surface area (Å²) in [5, 5.41) is 121. The lowest BCUT2D eigenvalue weighted by Crippen LogP contribution is -2.66. The number of hydrogen-bond acceptors (Lipinski definition) is 18. The molecule has 0 radical (unpaired) electrons. The lowest BCUT2D eigenvalue weighted by Gasteiger charge is -2.48. The van der Waals surface area contributed by atoms with Crippen molar-refractivity contribution in [1.29, 1.82) is 0 Å². The molecule has 0 aromatic heterocycles. The monoisotopic (exact) mass is 1510 g/mol. The van der Waals surface area contributed by atoms with Gasteiger partial charge in [0, 0.05) is 6.42 Å². The van der Waals surface area contributed by atoms with Gasteiger partial charge in [-0.05, 0) is 57.8 Å². The summed E-state index contributed by atoms with van der Waals surface area (Å²) in [4.78, 5) is 13.5. The van der Waals surface area contributed by atoms with Gasteiger partial charge in [-0.2, -0.15) is 0 Å². The van der Waals surface area contributed by atoms with Gasteiger partial charge in [-0.3, -0.25) is 4.79 Å². The third-order valence-electron chi connectivity index (χ3n) is 21.9. The smallest absolute Gasteiger partial charge is 0.220 e. The fourth-order valence-electron chi connectivity index (χ4n) is 14.9. The van der Waals surface area contributed by atoms with Crippen molar-refractivity contribution in [3.8, 4) is 0 Å². The van der Waals surface area contributed by atoms with Gasteiger partial charge < -0.3 is 89.9 Å². The molecule has 3 heterocycles. The van der Waals surface area contributed by atoms with Crippen LogP contribution >= 0.6 is 0 Å². The van der Waals surface area contributed by atoms with Gasteiger partial charge >= 0.3 is 0 Å². The molecular weight excluding hydrogens is 1350 g/mol. The van der Waals surface area contributed by atoms with Gasteiger partial charge in [0.2, 0.25) is 5.91 Å². The lowest BCUT2D eigenvalue weighted by molar-refractivity contribution is -0.379. The molecule has 0 aliphatic carbocycles. The Morgan fingerprint density at radius 3 is 0.972 bits per heavy atom. The molecule has 17 unspecified atom stereocenters. The van der Waals surface area contributed by atoms with Gasteiger partial charge in [0.15, 0.2) is 18.9 Å². The maximum absolute atomic E-state index is 13.5. The lowest BCUT2D eigenvalue weighted by atomic mass is 9.96. The molecule has 0 spiro atoms. The van der Waals surface area contributed by atoms with E-state index in [0.29, 0.717) is 6.42 Å². The van der Waals surface area contributed by atoms with Crippen LogP contribution in [0.3, 0.4) is 0 Å². The van der Waals surface area contributed by atoms with Crippen molar-refractivity contribution < 1.29 is 89.4 Å². The second-order valence-electron chi connectivity index (χ2n) is 31.4.